The van der Waals surface area contributed by atoms with E-state index in [0.29, 0.717) is 19.5 Å². The molecule has 1 fully saturated rings. The molecule has 60 valence electrons. The summed E-state index contributed by atoms with van der Waals surface area (Å²) in [6, 6.07) is 0. The van der Waals surface area contributed by atoms with E-state index in [1.54, 1.807) is 6.92 Å². The van der Waals surface area contributed by atoms with Crippen LogP contribution >= 0.6 is 0 Å². The average Bonchev–Trinajstić information content (AvgIpc) is 1.88. The summed E-state index contributed by atoms with van der Waals surface area (Å²) in [6.45, 7) is 2.86. The molecule has 10 heavy (non-hydrogen) atoms. The molecule has 0 radical (unpaired) electrons. The number of nitrogens with one attached hydrogen (secondary N) is 1. The number of halogens is 1. The van der Waals surface area contributed by atoms with Crippen LogP contribution in [0.5, 0.6) is 0 Å². The van der Waals surface area contributed by atoms with Gasteiger partial charge in [0.1, 0.15) is 6.17 Å². The van der Waals surface area contributed by atoms with Crippen LogP contribution < -0.4 is 5.32 Å². The van der Waals surface area contributed by atoms with Gasteiger partial charge in [0.15, 0.2) is 0 Å². The smallest absolute Gasteiger partial charge is 0.101 e. The van der Waals surface area contributed by atoms with Gasteiger partial charge < -0.3 is 10.4 Å². The zero-order valence-corrected chi connectivity index (χ0v) is 6.18. The van der Waals surface area contributed by atoms with Gasteiger partial charge in [-0.3, -0.25) is 0 Å². The lowest BCUT2D eigenvalue weighted by Gasteiger charge is -2.27. The van der Waals surface area contributed by atoms with Crippen molar-refractivity contribution >= 4 is 0 Å². The number of aliphatic hydroxyl groups excluding tert-OH is 1. The van der Waals surface area contributed by atoms with E-state index in [9.17, 15) is 4.39 Å². The molecule has 3 atom stereocenters. The van der Waals surface area contributed by atoms with Crippen LogP contribution in [0.25, 0.3) is 0 Å². The molecule has 0 amide bonds. The first kappa shape index (κ1) is 7.95. The summed E-state index contributed by atoms with van der Waals surface area (Å²) in [7, 11) is 0. The molecular formula is C7H14FNO. The maximum absolute atomic E-state index is 12.6. The molecule has 0 aliphatic carbocycles. The molecule has 0 bridgehead atoms. The fraction of sp³-hybridized carbons (Fsp3) is 1.00. The normalized spacial score (nSPS) is 37.5. The third-order valence-electron chi connectivity index (χ3n) is 2.01. The largest absolute Gasteiger partial charge is 0.392 e. The molecule has 1 aliphatic heterocycles. The predicted molar refractivity (Wildman–Crippen MR) is 37.6 cm³/mol. The second-order valence-electron chi connectivity index (χ2n) is 2.99. The third-order valence-corrected chi connectivity index (χ3v) is 2.01. The molecule has 0 saturated carbocycles. The van der Waals surface area contributed by atoms with E-state index < -0.39 is 6.17 Å². The fourth-order valence-corrected chi connectivity index (χ4v) is 1.30. The van der Waals surface area contributed by atoms with Crippen LogP contribution in [0.15, 0.2) is 0 Å². The molecule has 0 aromatic carbocycles. The number of β-amino-alcohol motifs (C(OH)–C–C–N with tert-alkyl or cyclic N) is 1. The van der Waals surface area contributed by atoms with Crippen molar-refractivity contribution in [3.63, 3.8) is 0 Å². The van der Waals surface area contributed by atoms with Crippen LogP contribution in [0, 0.1) is 5.92 Å². The van der Waals surface area contributed by atoms with Gasteiger partial charge in [0.05, 0.1) is 6.10 Å². The SMILES string of the molecule is CC(F)C1CNC[C@@H](O)C1. The zero-order valence-electron chi connectivity index (χ0n) is 6.18. The van der Waals surface area contributed by atoms with E-state index in [1.165, 1.54) is 0 Å². The summed E-state index contributed by atoms with van der Waals surface area (Å²) in [5.74, 6) is 0.00347. The van der Waals surface area contributed by atoms with Crippen molar-refractivity contribution < 1.29 is 9.50 Å². The topological polar surface area (TPSA) is 32.3 Å². The Morgan fingerprint density at radius 1 is 1.60 bits per heavy atom. The highest BCUT2D eigenvalue weighted by molar-refractivity contribution is 4.78. The highest BCUT2D eigenvalue weighted by Crippen LogP contribution is 2.16. The van der Waals surface area contributed by atoms with Crippen molar-refractivity contribution in [2.45, 2.75) is 25.6 Å². The lowest BCUT2D eigenvalue weighted by Crippen LogP contribution is -2.42. The van der Waals surface area contributed by atoms with Gasteiger partial charge in [-0.25, -0.2) is 4.39 Å². The predicted octanol–water partition coefficient (Wildman–Crippen LogP) is 0.315. The Labute approximate surface area is 60.4 Å². The van der Waals surface area contributed by atoms with Gasteiger partial charge in [0, 0.05) is 19.0 Å². The Balaban J connectivity index is 2.32. The maximum Gasteiger partial charge on any atom is 0.101 e. The van der Waals surface area contributed by atoms with Crippen LogP contribution in [0.3, 0.4) is 0 Å². The first-order valence-corrected chi connectivity index (χ1v) is 3.73. The molecule has 3 heteroatoms. The highest BCUT2D eigenvalue weighted by atomic mass is 19.1. The quantitative estimate of drug-likeness (QED) is 0.559. The van der Waals surface area contributed by atoms with Gasteiger partial charge >= 0.3 is 0 Å². The third kappa shape index (κ3) is 1.92. The number of piperidine rings is 1. The van der Waals surface area contributed by atoms with Crippen LogP contribution in [-0.4, -0.2) is 30.5 Å². The lowest BCUT2D eigenvalue weighted by molar-refractivity contribution is 0.0842. The Bertz CT molecular complexity index is 108. The molecule has 2 N–H and O–H groups in total. The van der Waals surface area contributed by atoms with Crippen molar-refractivity contribution in [3.8, 4) is 0 Å². The van der Waals surface area contributed by atoms with Crippen molar-refractivity contribution in [2.24, 2.45) is 5.92 Å². The summed E-state index contributed by atoms with van der Waals surface area (Å²) in [5.41, 5.74) is 0. The van der Waals surface area contributed by atoms with E-state index >= 15 is 0 Å². The second kappa shape index (κ2) is 3.30. The van der Waals surface area contributed by atoms with Crippen LogP contribution in [0.2, 0.25) is 0 Å². The molecule has 0 spiro atoms. The molecule has 1 heterocycles. The molecule has 1 saturated heterocycles. The van der Waals surface area contributed by atoms with E-state index in [4.69, 9.17) is 5.11 Å². The number of hydrogen-bond acceptors (Lipinski definition) is 2. The van der Waals surface area contributed by atoms with Crippen molar-refractivity contribution in [2.75, 3.05) is 13.1 Å². The summed E-state index contributed by atoms with van der Waals surface area (Å²) in [5, 5.41) is 12.1. The molecule has 0 aromatic heterocycles. The Morgan fingerprint density at radius 3 is 2.70 bits per heavy atom. The van der Waals surface area contributed by atoms with E-state index in [-0.39, 0.29) is 12.0 Å². The van der Waals surface area contributed by atoms with Crippen molar-refractivity contribution in [1.29, 1.82) is 0 Å². The highest BCUT2D eigenvalue weighted by Gasteiger charge is 2.23. The number of rotatable bonds is 1. The summed E-state index contributed by atoms with van der Waals surface area (Å²) < 4.78 is 12.6. The Hall–Kier alpha value is -0.150. The molecular weight excluding hydrogens is 133 g/mol. The second-order valence-corrected chi connectivity index (χ2v) is 2.99. The fourth-order valence-electron chi connectivity index (χ4n) is 1.30. The Morgan fingerprint density at radius 2 is 2.30 bits per heavy atom. The van der Waals surface area contributed by atoms with Crippen LogP contribution in [0.1, 0.15) is 13.3 Å². The minimum atomic E-state index is -0.803. The van der Waals surface area contributed by atoms with Gasteiger partial charge in [-0.1, -0.05) is 0 Å². The van der Waals surface area contributed by atoms with Gasteiger partial charge in [-0.2, -0.15) is 0 Å². The van der Waals surface area contributed by atoms with Crippen LogP contribution in [-0.2, 0) is 0 Å². The van der Waals surface area contributed by atoms with Crippen LogP contribution in [0.4, 0.5) is 4.39 Å². The first-order valence-electron chi connectivity index (χ1n) is 3.73. The molecule has 2 nitrogen and oxygen atoms in total. The summed E-state index contributed by atoms with van der Waals surface area (Å²) in [6.07, 6.45) is -0.551. The van der Waals surface area contributed by atoms with Gasteiger partial charge in [-0.15, -0.1) is 0 Å². The van der Waals surface area contributed by atoms with Crippen molar-refractivity contribution in [1.82, 2.24) is 5.32 Å². The number of alkyl halides is 1. The number of aliphatic hydroxyl groups is 1. The maximum atomic E-state index is 12.6. The molecule has 2 unspecified atom stereocenters. The van der Waals surface area contributed by atoms with Gasteiger partial charge in [-0.05, 0) is 13.3 Å². The standard InChI is InChI=1S/C7H14FNO/c1-5(8)6-2-7(10)4-9-3-6/h5-7,9-10H,2-4H2,1H3/t5?,6?,7-/m0/s1. The molecule has 1 rings (SSSR count). The first-order chi connectivity index (χ1) is 4.70. The van der Waals surface area contributed by atoms with Crippen molar-refractivity contribution in [3.05, 3.63) is 0 Å². The monoisotopic (exact) mass is 147 g/mol. The van der Waals surface area contributed by atoms with Gasteiger partial charge in [0.25, 0.3) is 0 Å². The van der Waals surface area contributed by atoms with E-state index in [1.807, 2.05) is 0 Å². The minimum absolute atomic E-state index is 0.00347. The lowest BCUT2D eigenvalue weighted by atomic mass is 9.94. The Kier molecular flexibility index (Phi) is 2.63. The number of hydrogen-bond donors (Lipinski definition) is 2. The summed E-state index contributed by atoms with van der Waals surface area (Å²) in [4.78, 5) is 0. The molecule has 1 aliphatic rings. The zero-order chi connectivity index (χ0) is 7.56. The molecule has 0 aromatic rings. The van der Waals surface area contributed by atoms with Gasteiger partial charge in [0.2, 0.25) is 0 Å². The van der Waals surface area contributed by atoms with E-state index in [2.05, 4.69) is 5.32 Å². The summed E-state index contributed by atoms with van der Waals surface area (Å²) >= 11 is 0. The van der Waals surface area contributed by atoms with E-state index in [0.717, 1.165) is 0 Å². The minimum Gasteiger partial charge on any atom is -0.392 e. The average molecular weight is 147 g/mol.